The second-order valence-electron chi connectivity index (χ2n) is 4.77. The van der Waals surface area contributed by atoms with Gasteiger partial charge >= 0.3 is 47.9 Å². The van der Waals surface area contributed by atoms with Crippen LogP contribution in [0, 0.1) is 0 Å². The molecule has 0 aromatic carbocycles. The van der Waals surface area contributed by atoms with Gasteiger partial charge in [-0.2, -0.15) is 57.1 Å². The van der Waals surface area contributed by atoms with Crippen molar-refractivity contribution in [3.63, 3.8) is 0 Å². The fourth-order valence-electron chi connectivity index (χ4n) is 1.33. The number of hydrogen-bond donors (Lipinski definition) is 0. The number of esters is 2. The minimum absolute atomic E-state index is 0.491. The van der Waals surface area contributed by atoms with E-state index in [1.165, 1.54) is 0 Å². The number of carbonyl (C=O) groups is 2. The van der Waals surface area contributed by atoms with Gasteiger partial charge in [0.25, 0.3) is 0 Å². The Morgan fingerprint density at radius 2 is 1.04 bits per heavy atom. The molecule has 0 saturated heterocycles. The molecular weight excluding hydrogens is 443 g/mol. The Bertz CT molecular complexity index is 596. The third-order valence-electron chi connectivity index (χ3n) is 2.74. The lowest BCUT2D eigenvalue weighted by Gasteiger charge is -2.38. The van der Waals surface area contributed by atoms with E-state index in [2.05, 4.69) is 9.47 Å². The van der Waals surface area contributed by atoms with E-state index in [1.54, 1.807) is 0 Å². The van der Waals surface area contributed by atoms with Gasteiger partial charge in [-0.3, -0.25) is 9.59 Å². The topological polar surface area (TPSA) is 52.6 Å². The molecule has 0 rings (SSSR count). The van der Waals surface area contributed by atoms with Crippen LogP contribution in [0.3, 0.4) is 0 Å². The average Bonchev–Trinajstić information content (AvgIpc) is 2.44. The minimum Gasteiger partial charge on any atom is -0.466 e. The second-order valence-corrected chi connectivity index (χ2v) is 4.77. The third-order valence-corrected chi connectivity index (χ3v) is 2.74. The molecule has 0 aliphatic rings. The van der Waals surface area contributed by atoms with E-state index in [1.807, 2.05) is 0 Å². The molecule has 0 spiro atoms. The van der Waals surface area contributed by atoms with E-state index in [-0.39, 0.29) is 0 Å². The third kappa shape index (κ3) is 4.21. The summed E-state index contributed by atoms with van der Waals surface area (Å²) in [6.45, 7) is 0.616. The van der Waals surface area contributed by atoms with Gasteiger partial charge in [-0.15, -0.1) is 0 Å². The molecule has 0 bridgehead atoms. The molecule has 0 N–H and O–H groups in total. The molecule has 166 valence electrons. The van der Waals surface area contributed by atoms with Crippen LogP contribution in [0.15, 0.2) is 0 Å². The molecule has 0 amide bonds. The van der Waals surface area contributed by atoms with Gasteiger partial charge < -0.3 is 9.47 Å². The van der Waals surface area contributed by atoms with Gasteiger partial charge in [-0.1, -0.05) is 0 Å². The highest BCUT2D eigenvalue weighted by Gasteiger charge is 2.91. The summed E-state index contributed by atoms with van der Waals surface area (Å²) in [7, 11) is 0. The molecule has 28 heavy (non-hydrogen) atoms. The van der Waals surface area contributed by atoms with E-state index in [0.717, 1.165) is 6.92 Å². The predicted octanol–water partition coefficient (Wildman–Crippen LogP) is 4.18. The van der Waals surface area contributed by atoms with Gasteiger partial charge in [0.1, 0.15) is 6.42 Å². The summed E-state index contributed by atoms with van der Waals surface area (Å²) in [6.07, 6.45) is -16.5. The first-order valence-electron chi connectivity index (χ1n) is 6.43. The summed E-state index contributed by atoms with van der Waals surface area (Å²) in [6, 6.07) is 0. The molecule has 0 aliphatic heterocycles. The maximum Gasteiger partial charge on any atom is 0.473 e. The van der Waals surface area contributed by atoms with Crippen molar-refractivity contribution in [1.29, 1.82) is 0 Å². The molecule has 0 fully saturated rings. The number of hydrogen-bond acceptors (Lipinski definition) is 4. The van der Waals surface area contributed by atoms with Crippen molar-refractivity contribution in [2.75, 3.05) is 6.61 Å². The molecule has 0 aromatic heterocycles. The number of rotatable bonds is 8. The van der Waals surface area contributed by atoms with Crippen molar-refractivity contribution < 1.29 is 76.1 Å². The molecule has 17 heteroatoms. The summed E-state index contributed by atoms with van der Waals surface area (Å²) in [5.41, 5.74) is 0. The summed E-state index contributed by atoms with van der Waals surface area (Å²) < 4.78 is 172. The minimum atomic E-state index is -8.11. The van der Waals surface area contributed by atoms with Crippen LogP contribution in [-0.2, 0) is 19.1 Å². The van der Waals surface area contributed by atoms with E-state index in [9.17, 15) is 66.7 Å². The Labute approximate surface area is 145 Å². The van der Waals surface area contributed by atoms with E-state index in [0.29, 0.717) is 0 Å². The van der Waals surface area contributed by atoms with Crippen LogP contribution in [0.5, 0.6) is 0 Å². The standard InChI is InChI=1S/C11H7F13O4/c1-2-27-4(25)3-5(26)28-11(23,24)9(18,19)7(14,15)6(12,13)8(16,17)10(20,21)22/h2-3H2,1H3. The smallest absolute Gasteiger partial charge is 0.466 e. The molecule has 0 aliphatic carbocycles. The molecule has 4 nitrogen and oxygen atoms in total. The van der Waals surface area contributed by atoms with Crippen molar-refractivity contribution in [3.05, 3.63) is 0 Å². The fraction of sp³-hybridized carbons (Fsp3) is 0.818. The van der Waals surface area contributed by atoms with Crippen LogP contribution in [0.1, 0.15) is 13.3 Å². The van der Waals surface area contributed by atoms with Gasteiger partial charge in [-0.05, 0) is 6.92 Å². The van der Waals surface area contributed by atoms with Crippen LogP contribution < -0.4 is 0 Å². The molecule has 0 heterocycles. The molecular formula is C11H7F13O4. The van der Waals surface area contributed by atoms with Gasteiger partial charge in [0.05, 0.1) is 6.61 Å². The highest BCUT2D eigenvalue weighted by atomic mass is 19.4. The van der Waals surface area contributed by atoms with E-state index >= 15 is 0 Å². The normalized spacial score (nSPS) is 14.6. The molecule has 0 radical (unpaired) electrons. The monoisotopic (exact) mass is 450 g/mol. The molecule has 0 atom stereocenters. The summed E-state index contributed by atoms with van der Waals surface area (Å²) >= 11 is 0. The Hall–Kier alpha value is -1.97. The van der Waals surface area contributed by atoms with Crippen LogP contribution in [0.4, 0.5) is 57.1 Å². The quantitative estimate of drug-likeness (QED) is 0.317. The Kier molecular flexibility index (Phi) is 6.93. The SMILES string of the molecule is CCOC(=O)CC(=O)OC(F)(F)C(F)(F)C(F)(F)C(F)(F)C(F)(F)C(F)(F)F. The van der Waals surface area contributed by atoms with Crippen LogP contribution in [-0.4, -0.2) is 54.5 Å². The molecule has 0 unspecified atom stereocenters. The van der Waals surface area contributed by atoms with Crippen LogP contribution in [0.25, 0.3) is 0 Å². The van der Waals surface area contributed by atoms with Crippen molar-refractivity contribution in [1.82, 2.24) is 0 Å². The summed E-state index contributed by atoms with van der Waals surface area (Å²) in [5.74, 6) is -36.4. The van der Waals surface area contributed by atoms with Gasteiger partial charge in [0.2, 0.25) is 0 Å². The first kappa shape index (κ1) is 26.0. The lowest BCUT2D eigenvalue weighted by Crippen LogP contribution is -2.70. The van der Waals surface area contributed by atoms with Gasteiger partial charge in [0.15, 0.2) is 0 Å². The van der Waals surface area contributed by atoms with E-state index in [4.69, 9.17) is 0 Å². The number of alkyl halides is 13. The summed E-state index contributed by atoms with van der Waals surface area (Å²) in [4.78, 5) is 21.6. The first-order valence-corrected chi connectivity index (χ1v) is 6.43. The Morgan fingerprint density at radius 1 is 0.643 bits per heavy atom. The largest absolute Gasteiger partial charge is 0.473 e. The van der Waals surface area contributed by atoms with Crippen molar-refractivity contribution in [2.45, 2.75) is 49.3 Å². The lowest BCUT2D eigenvalue weighted by molar-refractivity contribution is -0.460. The number of carbonyl (C=O) groups excluding carboxylic acids is 2. The first-order chi connectivity index (χ1) is 12.1. The number of ether oxygens (including phenoxy) is 2. The maximum atomic E-state index is 13.2. The highest BCUT2D eigenvalue weighted by molar-refractivity contribution is 5.91. The number of halogens is 13. The van der Waals surface area contributed by atoms with Crippen molar-refractivity contribution >= 4 is 11.9 Å². The zero-order valence-electron chi connectivity index (χ0n) is 13.0. The maximum absolute atomic E-state index is 13.2. The lowest BCUT2D eigenvalue weighted by atomic mass is 9.97. The van der Waals surface area contributed by atoms with Crippen LogP contribution >= 0.6 is 0 Å². The Morgan fingerprint density at radius 3 is 1.39 bits per heavy atom. The zero-order chi connectivity index (χ0) is 23.0. The van der Waals surface area contributed by atoms with Crippen molar-refractivity contribution in [3.8, 4) is 0 Å². The fourth-order valence-corrected chi connectivity index (χ4v) is 1.33. The summed E-state index contributed by atoms with van der Waals surface area (Å²) in [5, 5.41) is 0. The van der Waals surface area contributed by atoms with Crippen LogP contribution in [0.2, 0.25) is 0 Å². The highest BCUT2D eigenvalue weighted by Crippen LogP contribution is 2.60. The van der Waals surface area contributed by atoms with Gasteiger partial charge in [0, 0.05) is 0 Å². The van der Waals surface area contributed by atoms with E-state index < -0.39 is 60.9 Å². The van der Waals surface area contributed by atoms with Gasteiger partial charge in [-0.25, -0.2) is 0 Å². The van der Waals surface area contributed by atoms with Crippen molar-refractivity contribution in [2.24, 2.45) is 0 Å². The average molecular weight is 450 g/mol. The second kappa shape index (κ2) is 7.46. The molecule has 0 aromatic rings. The molecule has 0 saturated carbocycles. The predicted molar refractivity (Wildman–Crippen MR) is 58.1 cm³/mol. The Balaban J connectivity index is 5.92. The zero-order valence-corrected chi connectivity index (χ0v) is 13.0.